The van der Waals surface area contributed by atoms with Crippen LogP contribution < -0.4 is 10.1 Å². The second kappa shape index (κ2) is 15.4. The van der Waals surface area contributed by atoms with Crippen molar-refractivity contribution in [3.63, 3.8) is 0 Å². The number of aryl methyl sites for hydroxylation is 2. The fourth-order valence-corrected chi connectivity index (χ4v) is 3.72. The van der Waals surface area contributed by atoms with E-state index in [-0.39, 0.29) is 27.2 Å². The Morgan fingerprint density at radius 1 is 1.23 bits per heavy atom. The third-order valence-electron chi connectivity index (χ3n) is 5.14. The van der Waals surface area contributed by atoms with Gasteiger partial charge in [0.15, 0.2) is 0 Å². The van der Waals surface area contributed by atoms with Gasteiger partial charge in [-0.1, -0.05) is 27.7 Å². The number of hydrogen-bond acceptors (Lipinski definition) is 6. The van der Waals surface area contributed by atoms with E-state index in [0.717, 1.165) is 18.4 Å². The van der Waals surface area contributed by atoms with E-state index >= 15 is 0 Å². The second-order valence-corrected chi connectivity index (χ2v) is 9.24. The number of carbonyl (C=O) groups is 1. The van der Waals surface area contributed by atoms with Crippen LogP contribution in [-0.4, -0.2) is 34.2 Å². The number of methoxy groups -OCH3 is 2. The van der Waals surface area contributed by atoms with E-state index in [1.165, 1.54) is 50.1 Å². The number of fused-ring (bicyclic) bond motifs is 1. The Bertz CT molecular complexity index is 1040. The molecule has 0 aliphatic heterocycles. The van der Waals surface area contributed by atoms with E-state index in [0.29, 0.717) is 5.75 Å². The molecule has 7 nitrogen and oxygen atoms in total. The summed E-state index contributed by atoms with van der Waals surface area (Å²) in [4.78, 5) is 12.3. The molecule has 1 aliphatic carbocycles. The van der Waals surface area contributed by atoms with E-state index in [1.807, 2.05) is 37.8 Å². The second-order valence-electron chi connectivity index (χ2n) is 7.98. The summed E-state index contributed by atoms with van der Waals surface area (Å²) in [6.07, 6.45) is 5.80. The molecular weight excluding hydrogens is 657 g/mol. The molecule has 35 heavy (non-hydrogen) atoms. The van der Waals surface area contributed by atoms with Crippen LogP contribution in [0.2, 0.25) is 0 Å². The van der Waals surface area contributed by atoms with Gasteiger partial charge in [-0.2, -0.15) is 0 Å². The third kappa shape index (κ3) is 9.32. The van der Waals surface area contributed by atoms with E-state index in [2.05, 4.69) is 46.9 Å². The SMILES string of the molecule is CC.CO[C-]=C(NC(=O)c1ccc(Oc2cc3c(cc2C)CCCC3(C)C)o1)[C](O)=[V].CO[C-]=[W]. The molecule has 0 unspecified atom stereocenters. The van der Waals surface area contributed by atoms with Crippen molar-refractivity contribution in [2.45, 2.75) is 59.3 Å². The van der Waals surface area contributed by atoms with E-state index < -0.39 is 5.91 Å². The first-order valence-corrected chi connectivity index (χ1v) is 13.3. The van der Waals surface area contributed by atoms with Crippen LogP contribution in [0.15, 0.2) is 34.4 Å². The molecule has 9 heteroatoms. The quantitative estimate of drug-likeness (QED) is 0.318. The average molecular weight is 690 g/mol. The maximum absolute atomic E-state index is 12.3. The number of rotatable bonds is 7. The molecule has 0 radical (unpaired) electrons. The van der Waals surface area contributed by atoms with Gasteiger partial charge < -0.3 is 0 Å². The summed E-state index contributed by atoms with van der Waals surface area (Å²) in [6, 6.07) is 7.36. The van der Waals surface area contributed by atoms with Gasteiger partial charge in [-0.3, -0.25) is 0 Å². The first-order chi connectivity index (χ1) is 16.6. The molecule has 0 bridgehead atoms. The molecule has 0 fully saturated rings. The summed E-state index contributed by atoms with van der Waals surface area (Å²) in [6.45, 7) is 10.5. The van der Waals surface area contributed by atoms with E-state index in [9.17, 15) is 9.90 Å². The van der Waals surface area contributed by atoms with Crippen LogP contribution in [0.4, 0.5) is 0 Å². The first-order valence-electron chi connectivity index (χ1n) is 11.2. The minimum atomic E-state index is -0.555. The number of ether oxygens (including phenoxy) is 3. The van der Waals surface area contributed by atoms with Gasteiger partial charge in [0, 0.05) is 0 Å². The first kappa shape index (κ1) is 31.3. The number of amides is 1. The molecular formula is C26H33NO6VW-2. The van der Waals surface area contributed by atoms with Crippen molar-refractivity contribution in [1.82, 2.24) is 5.32 Å². The summed E-state index contributed by atoms with van der Waals surface area (Å²) < 4.78 is 22.9. The van der Waals surface area contributed by atoms with Gasteiger partial charge in [-0.25, -0.2) is 0 Å². The summed E-state index contributed by atoms with van der Waals surface area (Å²) in [5.41, 5.74) is 3.79. The number of carbonyl (C=O) groups excluding carboxylic acids is 1. The molecule has 0 spiro atoms. The van der Waals surface area contributed by atoms with Gasteiger partial charge in [0.2, 0.25) is 0 Å². The number of furan rings is 1. The van der Waals surface area contributed by atoms with Gasteiger partial charge in [-0.05, 0) is 19.3 Å². The Kier molecular flexibility index (Phi) is 13.7. The Labute approximate surface area is 228 Å². The molecule has 191 valence electrons. The van der Waals surface area contributed by atoms with Crippen molar-refractivity contribution in [3.05, 3.63) is 58.7 Å². The molecule has 1 amide bonds. The number of benzene rings is 1. The van der Waals surface area contributed by atoms with Crippen LogP contribution in [0.5, 0.6) is 11.7 Å². The van der Waals surface area contributed by atoms with Gasteiger partial charge in [-0.15, -0.1) is 0 Å². The van der Waals surface area contributed by atoms with Crippen LogP contribution in [0, 0.1) is 13.2 Å². The van der Waals surface area contributed by atoms with E-state index in [4.69, 9.17) is 13.9 Å². The molecule has 1 aromatic carbocycles. The van der Waals surface area contributed by atoms with Crippen LogP contribution in [0.3, 0.4) is 0 Å². The summed E-state index contributed by atoms with van der Waals surface area (Å²) in [5.74, 6) is 0.416. The summed E-state index contributed by atoms with van der Waals surface area (Å²) in [5, 5.41) is 12.0. The van der Waals surface area contributed by atoms with Gasteiger partial charge in [0.05, 0.1) is 0 Å². The maximum atomic E-state index is 12.3. The summed E-state index contributed by atoms with van der Waals surface area (Å²) >= 11 is 3.13. The molecule has 1 heterocycles. The zero-order valence-electron chi connectivity index (χ0n) is 21.3. The van der Waals surface area contributed by atoms with Crippen molar-refractivity contribution in [2.24, 2.45) is 0 Å². The van der Waals surface area contributed by atoms with Crippen LogP contribution in [0.1, 0.15) is 67.8 Å². The van der Waals surface area contributed by atoms with Gasteiger partial charge >= 0.3 is 182 Å². The average Bonchev–Trinajstić information content (AvgIpc) is 3.29. The van der Waals surface area contributed by atoms with Crippen LogP contribution in [-0.2, 0) is 57.6 Å². The predicted molar refractivity (Wildman–Crippen MR) is 127 cm³/mol. The summed E-state index contributed by atoms with van der Waals surface area (Å²) in [7, 11) is 2.95. The monoisotopic (exact) mass is 690 g/mol. The van der Waals surface area contributed by atoms with Crippen molar-refractivity contribution >= 4 is 14.9 Å². The topological polar surface area (TPSA) is 90.2 Å². The fourth-order valence-electron chi connectivity index (χ4n) is 3.56. The molecule has 1 aromatic heterocycles. The Balaban J connectivity index is 0.000000926. The minimum absolute atomic E-state index is 0.00383. The molecule has 3 rings (SSSR count). The van der Waals surface area contributed by atoms with Crippen molar-refractivity contribution in [3.8, 4) is 11.7 Å². The third-order valence-corrected chi connectivity index (χ3v) is 6.09. The molecule has 2 N–H and O–H groups in total. The normalized spacial score (nSPS) is 13.6. The van der Waals surface area contributed by atoms with Crippen LogP contribution >= 0.6 is 0 Å². The molecule has 0 saturated carbocycles. The standard InChI is InChI=1S/C22H24NO5.C2H3O.C2H6.V.W/c1-14-10-15-6-5-9-22(2,3)17(15)11-19(14)28-20-8-7-18(27-20)21(25)23-16(12-24)13-26-4;1-3-2;1-2;;/h7-8,10-11,24H,5-6,9H2,1-4H3,(H,23,25);1H3;1-2H3;;/q2*-1;;;. The number of aliphatic hydroxyl groups is 1. The van der Waals surface area contributed by atoms with Gasteiger partial charge in [0.25, 0.3) is 0 Å². The Hall–Kier alpha value is -1.76. The van der Waals surface area contributed by atoms with Crippen molar-refractivity contribution < 1.29 is 64.9 Å². The predicted octanol–water partition coefficient (Wildman–Crippen LogP) is 4.91. The van der Waals surface area contributed by atoms with Crippen molar-refractivity contribution in [1.29, 1.82) is 0 Å². The molecule has 0 atom stereocenters. The number of aliphatic hydroxyl groups excluding tert-OH is 1. The fraction of sp³-hybridized carbons (Fsp3) is 0.423. The molecule has 0 saturated heterocycles. The van der Waals surface area contributed by atoms with Crippen molar-refractivity contribution in [2.75, 3.05) is 14.2 Å². The number of hydrogen-bond donors (Lipinski definition) is 2. The zero-order valence-corrected chi connectivity index (χ0v) is 25.6. The number of nitrogens with one attached hydrogen (secondary N) is 1. The van der Waals surface area contributed by atoms with E-state index in [1.54, 1.807) is 13.2 Å². The zero-order chi connectivity index (χ0) is 26.6. The molecule has 1 aliphatic rings. The molecule has 2 aromatic rings. The van der Waals surface area contributed by atoms with Gasteiger partial charge in [0.1, 0.15) is 0 Å². The Morgan fingerprint density at radius 2 is 1.89 bits per heavy atom. The Morgan fingerprint density at radius 3 is 2.46 bits per heavy atom. The van der Waals surface area contributed by atoms with Crippen LogP contribution in [0.25, 0.3) is 0 Å².